The van der Waals surface area contributed by atoms with Crippen molar-refractivity contribution in [3.63, 3.8) is 0 Å². The number of benzene rings is 1. The van der Waals surface area contributed by atoms with Crippen molar-refractivity contribution in [2.75, 3.05) is 7.11 Å². The van der Waals surface area contributed by atoms with E-state index in [-0.39, 0.29) is 18.6 Å². The number of nitrogens with one attached hydrogen (secondary N) is 2. The Kier molecular flexibility index (Phi) is 6.49. The van der Waals surface area contributed by atoms with Crippen LogP contribution in [0.25, 0.3) is 0 Å². The third-order valence-corrected chi connectivity index (χ3v) is 3.78. The van der Waals surface area contributed by atoms with Crippen LogP contribution in [0.1, 0.15) is 42.9 Å². The van der Waals surface area contributed by atoms with Gasteiger partial charge in [0.2, 0.25) is 0 Å². The summed E-state index contributed by atoms with van der Waals surface area (Å²) < 4.78 is 10.7. The molecule has 130 valence electrons. The summed E-state index contributed by atoms with van der Waals surface area (Å²) in [5.74, 6) is 1.00. The Morgan fingerprint density at radius 2 is 2.21 bits per heavy atom. The molecule has 0 saturated heterocycles. The fourth-order valence-corrected chi connectivity index (χ4v) is 2.46. The highest BCUT2D eigenvalue weighted by molar-refractivity contribution is 6.32. The van der Waals surface area contributed by atoms with E-state index in [1.165, 1.54) is 0 Å². The summed E-state index contributed by atoms with van der Waals surface area (Å²) in [6, 6.07) is 6.97. The summed E-state index contributed by atoms with van der Waals surface area (Å²) >= 11 is 6.12. The smallest absolute Gasteiger partial charge is 0.271 e. The van der Waals surface area contributed by atoms with E-state index in [4.69, 9.17) is 21.1 Å². The maximum absolute atomic E-state index is 12.1. The Bertz CT molecular complexity index is 687. The molecule has 0 fully saturated rings. The molecular formula is C17H22ClN3O3. The van der Waals surface area contributed by atoms with Crippen LogP contribution in [0, 0.1) is 0 Å². The first kappa shape index (κ1) is 18.1. The molecule has 0 aliphatic rings. The van der Waals surface area contributed by atoms with Crippen molar-refractivity contribution in [3.05, 3.63) is 40.7 Å². The van der Waals surface area contributed by atoms with Crippen molar-refractivity contribution in [2.45, 2.75) is 39.3 Å². The standard InChI is InChI=1S/C17H22ClN3O3/c1-4-5-11(2)19-17(22)15-8-12(20-21-15)10-24-16-7-6-13(23-3)9-14(16)18/h6-9,11H,4-5,10H2,1-3H3,(H,19,22)(H,20,21). The van der Waals surface area contributed by atoms with E-state index >= 15 is 0 Å². The molecule has 6 nitrogen and oxygen atoms in total. The number of rotatable bonds is 8. The molecule has 1 aromatic carbocycles. The zero-order valence-electron chi connectivity index (χ0n) is 14.1. The van der Waals surface area contributed by atoms with Gasteiger partial charge in [-0.25, -0.2) is 0 Å². The summed E-state index contributed by atoms with van der Waals surface area (Å²) in [5.41, 5.74) is 1.03. The van der Waals surface area contributed by atoms with Crippen LogP contribution in [0.15, 0.2) is 24.3 Å². The number of hydrogen-bond donors (Lipinski definition) is 2. The van der Waals surface area contributed by atoms with Gasteiger partial charge in [0.15, 0.2) is 0 Å². The second-order valence-corrected chi connectivity index (χ2v) is 5.93. The second-order valence-electron chi connectivity index (χ2n) is 5.53. The van der Waals surface area contributed by atoms with Crippen LogP contribution in [0.3, 0.4) is 0 Å². The molecular weight excluding hydrogens is 330 g/mol. The van der Waals surface area contributed by atoms with Crippen molar-refractivity contribution in [1.82, 2.24) is 15.5 Å². The lowest BCUT2D eigenvalue weighted by atomic mass is 10.2. The SMILES string of the molecule is CCCC(C)NC(=O)c1cc(COc2ccc(OC)cc2Cl)[nH]n1. The van der Waals surface area contributed by atoms with Gasteiger partial charge in [0.1, 0.15) is 23.8 Å². The van der Waals surface area contributed by atoms with Gasteiger partial charge in [-0.15, -0.1) is 0 Å². The number of H-pyrrole nitrogens is 1. The van der Waals surface area contributed by atoms with Gasteiger partial charge in [0, 0.05) is 12.1 Å². The molecule has 0 spiro atoms. The highest BCUT2D eigenvalue weighted by Crippen LogP contribution is 2.29. The maximum Gasteiger partial charge on any atom is 0.271 e. The Hall–Kier alpha value is -2.21. The molecule has 24 heavy (non-hydrogen) atoms. The van der Waals surface area contributed by atoms with Gasteiger partial charge in [-0.05, 0) is 31.5 Å². The minimum absolute atomic E-state index is 0.122. The molecule has 1 unspecified atom stereocenters. The van der Waals surface area contributed by atoms with Crippen molar-refractivity contribution in [1.29, 1.82) is 0 Å². The normalized spacial score (nSPS) is 11.8. The summed E-state index contributed by atoms with van der Waals surface area (Å²) in [6.07, 6.45) is 1.95. The molecule has 1 atom stereocenters. The molecule has 7 heteroatoms. The van der Waals surface area contributed by atoms with E-state index in [1.807, 2.05) is 6.92 Å². The number of nitrogens with zero attached hydrogens (tertiary/aromatic N) is 1. The number of ether oxygens (including phenoxy) is 2. The van der Waals surface area contributed by atoms with Crippen molar-refractivity contribution >= 4 is 17.5 Å². The molecule has 0 bridgehead atoms. The Morgan fingerprint density at radius 1 is 1.42 bits per heavy atom. The molecule has 0 radical (unpaired) electrons. The Labute approximate surface area is 146 Å². The van der Waals surface area contributed by atoms with E-state index in [9.17, 15) is 4.79 Å². The summed E-state index contributed by atoms with van der Waals surface area (Å²) in [6.45, 7) is 4.29. The van der Waals surface area contributed by atoms with Gasteiger partial charge >= 0.3 is 0 Å². The van der Waals surface area contributed by atoms with Crippen LogP contribution in [0.4, 0.5) is 0 Å². The number of carbonyl (C=O) groups excluding carboxylic acids is 1. The lowest BCUT2D eigenvalue weighted by Crippen LogP contribution is -2.32. The second kappa shape index (κ2) is 8.59. The molecule has 2 aromatic rings. The van der Waals surface area contributed by atoms with Gasteiger partial charge < -0.3 is 14.8 Å². The lowest BCUT2D eigenvalue weighted by Gasteiger charge is -2.10. The summed E-state index contributed by atoms with van der Waals surface area (Å²) in [5, 5.41) is 10.2. The van der Waals surface area contributed by atoms with Crippen molar-refractivity contribution in [2.24, 2.45) is 0 Å². The number of carbonyl (C=O) groups is 1. The molecule has 2 rings (SSSR count). The zero-order chi connectivity index (χ0) is 17.5. The fraction of sp³-hybridized carbons (Fsp3) is 0.412. The average molecular weight is 352 g/mol. The molecule has 1 aromatic heterocycles. The third kappa shape index (κ3) is 4.89. The molecule has 0 saturated carbocycles. The van der Waals surface area contributed by atoms with E-state index in [2.05, 4.69) is 22.4 Å². The van der Waals surface area contributed by atoms with Crippen molar-refractivity contribution < 1.29 is 14.3 Å². The topological polar surface area (TPSA) is 76.2 Å². The van der Waals surface area contributed by atoms with E-state index in [0.29, 0.717) is 27.9 Å². The first-order valence-corrected chi connectivity index (χ1v) is 8.22. The third-order valence-electron chi connectivity index (χ3n) is 3.48. The molecule has 1 amide bonds. The van der Waals surface area contributed by atoms with Gasteiger partial charge in [-0.2, -0.15) is 5.10 Å². The maximum atomic E-state index is 12.1. The van der Waals surface area contributed by atoms with E-state index < -0.39 is 0 Å². The van der Waals surface area contributed by atoms with Crippen LogP contribution in [0.5, 0.6) is 11.5 Å². The summed E-state index contributed by atoms with van der Waals surface area (Å²) in [7, 11) is 1.57. The lowest BCUT2D eigenvalue weighted by molar-refractivity contribution is 0.0933. The van der Waals surface area contributed by atoms with Crippen LogP contribution < -0.4 is 14.8 Å². The monoisotopic (exact) mass is 351 g/mol. The number of halogens is 1. The fourth-order valence-electron chi connectivity index (χ4n) is 2.24. The molecule has 2 N–H and O–H groups in total. The number of methoxy groups -OCH3 is 1. The molecule has 0 aliphatic carbocycles. The van der Waals surface area contributed by atoms with Crippen LogP contribution in [-0.2, 0) is 6.61 Å². The first-order chi connectivity index (χ1) is 11.5. The van der Waals surface area contributed by atoms with Gasteiger partial charge in [-0.3, -0.25) is 9.89 Å². The van der Waals surface area contributed by atoms with Gasteiger partial charge in [0.25, 0.3) is 5.91 Å². The van der Waals surface area contributed by atoms with Gasteiger partial charge in [0.05, 0.1) is 17.8 Å². The quantitative estimate of drug-likeness (QED) is 0.762. The highest BCUT2D eigenvalue weighted by atomic mass is 35.5. The zero-order valence-corrected chi connectivity index (χ0v) is 14.8. The van der Waals surface area contributed by atoms with E-state index in [0.717, 1.165) is 12.8 Å². The van der Waals surface area contributed by atoms with Crippen LogP contribution in [0.2, 0.25) is 5.02 Å². The van der Waals surface area contributed by atoms with Gasteiger partial charge in [-0.1, -0.05) is 24.9 Å². The first-order valence-electron chi connectivity index (χ1n) is 7.85. The molecule has 0 aliphatic heterocycles. The van der Waals surface area contributed by atoms with Crippen LogP contribution >= 0.6 is 11.6 Å². The highest BCUT2D eigenvalue weighted by Gasteiger charge is 2.13. The van der Waals surface area contributed by atoms with Crippen molar-refractivity contribution in [3.8, 4) is 11.5 Å². The minimum Gasteiger partial charge on any atom is -0.497 e. The number of amides is 1. The predicted octanol–water partition coefficient (Wildman–Crippen LogP) is 3.57. The number of hydrogen-bond acceptors (Lipinski definition) is 4. The van der Waals surface area contributed by atoms with E-state index in [1.54, 1.807) is 31.4 Å². The Balaban J connectivity index is 1.93. The average Bonchev–Trinajstić information content (AvgIpc) is 3.03. The largest absolute Gasteiger partial charge is 0.497 e. The minimum atomic E-state index is -0.194. The summed E-state index contributed by atoms with van der Waals surface area (Å²) in [4.78, 5) is 12.1. The molecule has 1 heterocycles. The Morgan fingerprint density at radius 3 is 2.88 bits per heavy atom. The number of aromatic nitrogens is 2. The number of aromatic amines is 1. The predicted molar refractivity (Wildman–Crippen MR) is 92.8 cm³/mol. The van der Waals surface area contributed by atoms with Crippen LogP contribution in [-0.4, -0.2) is 29.3 Å².